The Morgan fingerprint density at radius 2 is 2.25 bits per heavy atom. The van der Waals surface area contributed by atoms with Crippen LogP contribution in [0.4, 0.5) is 0 Å². The second kappa shape index (κ2) is 3.73. The molecular weight excluding hydrogens is 154 g/mol. The van der Waals surface area contributed by atoms with Gasteiger partial charge >= 0.3 is 0 Å². The molecule has 0 aliphatic carbocycles. The standard InChI is InChI=1S/C9H19NO2/c1-8(12)6-10-5-3-4-9(10,2)7-11/h8,11-12H,3-7H2,1-2H3. The van der Waals surface area contributed by atoms with Crippen molar-refractivity contribution in [1.29, 1.82) is 0 Å². The fourth-order valence-electron chi connectivity index (χ4n) is 1.89. The Labute approximate surface area is 74.0 Å². The Morgan fingerprint density at radius 3 is 2.75 bits per heavy atom. The van der Waals surface area contributed by atoms with E-state index in [-0.39, 0.29) is 18.2 Å². The van der Waals surface area contributed by atoms with Crippen LogP contribution in [0.3, 0.4) is 0 Å². The van der Waals surface area contributed by atoms with Gasteiger partial charge in [0.15, 0.2) is 0 Å². The first-order chi connectivity index (χ1) is 5.58. The minimum absolute atomic E-state index is 0.0863. The number of hydrogen-bond donors (Lipinski definition) is 2. The highest BCUT2D eigenvalue weighted by Gasteiger charge is 2.35. The fourth-order valence-corrected chi connectivity index (χ4v) is 1.89. The van der Waals surface area contributed by atoms with Gasteiger partial charge in [0.25, 0.3) is 0 Å². The van der Waals surface area contributed by atoms with E-state index >= 15 is 0 Å². The van der Waals surface area contributed by atoms with Gasteiger partial charge in [-0.3, -0.25) is 4.90 Å². The summed E-state index contributed by atoms with van der Waals surface area (Å²) in [4.78, 5) is 2.18. The molecular formula is C9H19NO2. The molecule has 1 aliphatic rings. The molecule has 0 amide bonds. The molecule has 0 spiro atoms. The molecule has 0 aromatic heterocycles. The first-order valence-electron chi connectivity index (χ1n) is 4.62. The van der Waals surface area contributed by atoms with Crippen LogP contribution in [0.15, 0.2) is 0 Å². The largest absolute Gasteiger partial charge is 0.394 e. The lowest BCUT2D eigenvalue weighted by Crippen LogP contribution is -2.47. The van der Waals surface area contributed by atoms with Crippen LogP contribution in [0.5, 0.6) is 0 Å². The normalized spacial score (nSPS) is 34.0. The van der Waals surface area contributed by atoms with Crippen molar-refractivity contribution in [1.82, 2.24) is 4.90 Å². The monoisotopic (exact) mass is 173 g/mol. The zero-order chi connectivity index (χ0) is 9.19. The molecule has 2 atom stereocenters. The Hall–Kier alpha value is -0.120. The van der Waals surface area contributed by atoms with Gasteiger partial charge in [0.05, 0.1) is 12.7 Å². The van der Waals surface area contributed by atoms with Crippen LogP contribution in [-0.4, -0.2) is 46.5 Å². The van der Waals surface area contributed by atoms with Crippen molar-refractivity contribution >= 4 is 0 Å². The third-order valence-corrected chi connectivity index (χ3v) is 2.73. The van der Waals surface area contributed by atoms with E-state index in [2.05, 4.69) is 11.8 Å². The Bertz CT molecular complexity index is 149. The maximum Gasteiger partial charge on any atom is 0.0639 e. The minimum atomic E-state index is -0.297. The molecule has 0 radical (unpaired) electrons. The first kappa shape index (κ1) is 9.96. The van der Waals surface area contributed by atoms with E-state index in [4.69, 9.17) is 0 Å². The molecule has 2 unspecified atom stereocenters. The highest BCUT2D eigenvalue weighted by Crippen LogP contribution is 2.28. The molecule has 1 saturated heterocycles. The predicted octanol–water partition coefficient (Wildman–Crippen LogP) is 0.214. The summed E-state index contributed by atoms with van der Waals surface area (Å²) >= 11 is 0. The molecule has 1 heterocycles. The van der Waals surface area contributed by atoms with Crippen LogP contribution in [0.25, 0.3) is 0 Å². The van der Waals surface area contributed by atoms with E-state index in [1.807, 2.05) is 0 Å². The van der Waals surface area contributed by atoms with Crippen molar-refractivity contribution in [3.8, 4) is 0 Å². The molecule has 12 heavy (non-hydrogen) atoms. The molecule has 0 bridgehead atoms. The number of hydrogen-bond acceptors (Lipinski definition) is 3. The highest BCUT2D eigenvalue weighted by atomic mass is 16.3. The summed E-state index contributed by atoms with van der Waals surface area (Å²) in [6, 6.07) is 0. The van der Waals surface area contributed by atoms with Gasteiger partial charge in [-0.1, -0.05) is 0 Å². The minimum Gasteiger partial charge on any atom is -0.394 e. The van der Waals surface area contributed by atoms with Gasteiger partial charge < -0.3 is 10.2 Å². The van der Waals surface area contributed by atoms with E-state index in [0.717, 1.165) is 19.4 Å². The van der Waals surface area contributed by atoms with Crippen LogP contribution in [0.2, 0.25) is 0 Å². The van der Waals surface area contributed by atoms with Crippen molar-refractivity contribution in [3.05, 3.63) is 0 Å². The highest BCUT2D eigenvalue weighted by molar-refractivity contribution is 4.91. The van der Waals surface area contributed by atoms with E-state index in [9.17, 15) is 10.2 Å². The second-order valence-corrected chi connectivity index (χ2v) is 4.05. The van der Waals surface area contributed by atoms with Gasteiger partial charge in [0.1, 0.15) is 0 Å². The summed E-state index contributed by atoms with van der Waals surface area (Å²) in [7, 11) is 0. The second-order valence-electron chi connectivity index (χ2n) is 4.05. The Balaban J connectivity index is 2.51. The fraction of sp³-hybridized carbons (Fsp3) is 1.00. The lowest BCUT2D eigenvalue weighted by atomic mass is 10.0. The summed E-state index contributed by atoms with van der Waals surface area (Å²) in [5.74, 6) is 0. The third-order valence-electron chi connectivity index (χ3n) is 2.73. The maximum atomic E-state index is 9.22. The number of likely N-dealkylation sites (tertiary alicyclic amines) is 1. The molecule has 1 rings (SSSR count). The average molecular weight is 173 g/mol. The van der Waals surface area contributed by atoms with E-state index in [1.165, 1.54) is 0 Å². The molecule has 1 aliphatic heterocycles. The lowest BCUT2D eigenvalue weighted by molar-refractivity contribution is 0.0420. The average Bonchev–Trinajstić information content (AvgIpc) is 2.33. The van der Waals surface area contributed by atoms with Gasteiger partial charge in [0.2, 0.25) is 0 Å². The van der Waals surface area contributed by atoms with E-state index in [1.54, 1.807) is 6.92 Å². The smallest absolute Gasteiger partial charge is 0.0639 e. The lowest BCUT2D eigenvalue weighted by Gasteiger charge is -2.34. The maximum absolute atomic E-state index is 9.22. The van der Waals surface area contributed by atoms with Gasteiger partial charge in [-0.05, 0) is 33.2 Å². The number of rotatable bonds is 3. The Morgan fingerprint density at radius 1 is 1.58 bits per heavy atom. The summed E-state index contributed by atoms with van der Waals surface area (Å²) < 4.78 is 0. The zero-order valence-corrected chi connectivity index (χ0v) is 7.95. The number of aliphatic hydroxyl groups is 2. The van der Waals surface area contributed by atoms with Crippen molar-refractivity contribution in [3.63, 3.8) is 0 Å². The molecule has 1 fully saturated rings. The van der Waals surface area contributed by atoms with Crippen molar-refractivity contribution in [2.24, 2.45) is 0 Å². The predicted molar refractivity (Wildman–Crippen MR) is 48.0 cm³/mol. The molecule has 3 nitrogen and oxygen atoms in total. The van der Waals surface area contributed by atoms with Gasteiger partial charge in [-0.25, -0.2) is 0 Å². The summed E-state index contributed by atoms with van der Waals surface area (Å²) in [5, 5.41) is 18.4. The van der Waals surface area contributed by atoms with Crippen LogP contribution >= 0.6 is 0 Å². The van der Waals surface area contributed by atoms with E-state index < -0.39 is 0 Å². The Kier molecular flexibility index (Phi) is 3.09. The SMILES string of the molecule is CC(O)CN1CCCC1(C)CO. The number of aliphatic hydroxyl groups excluding tert-OH is 2. The third kappa shape index (κ3) is 1.97. The quantitative estimate of drug-likeness (QED) is 0.641. The molecule has 3 heteroatoms. The van der Waals surface area contributed by atoms with Crippen LogP contribution < -0.4 is 0 Å². The van der Waals surface area contributed by atoms with E-state index in [0.29, 0.717) is 6.54 Å². The van der Waals surface area contributed by atoms with Gasteiger partial charge in [0, 0.05) is 12.1 Å². The van der Waals surface area contributed by atoms with Crippen molar-refractivity contribution < 1.29 is 10.2 Å². The molecule has 0 saturated carbocycles. The summed E-state index contributed by atoms with van der Waals surface area (Å²) in [5.41, 5.74) is -0.0863. The summed E-state index contributed by atoms with van der Waals surface area (Å²) in [6.45, 7) is 5.72. The van der Waals surface area contributed by atoms with Crippen LogP contribution in [0, 0.1) is 0 Å². The van der Waals surface area contributed by atoms with Crippen molar-refractivity contribution in [2.45, 2.75) is 38.3 Å². The molecule has 0 aromatic rings. The topological polar surface area (TPSA) is 43.7 Å². The molecule has 0 aromatic carbocycles. The van der Waals surface area contributed by atoms with Crippen LogP contribution in [-0.2, 0) is 0 Å². The van der Waals surface area contributed by atoms with Crippen molar-refractivity contribution in [2.75, 3.05) is 19.7 Å². The number of β-amino-alcohol motifs (C(OH)–C–C–N with tert-alkyl or cyclic N) is 1. The molecule has 2 N–H and O–H groups in total. The zero-order valence-electron chi connectivity index (χ0n) is 7.95. The summed E-state index contributed by atoms with van der Waals surface area (Å²) in [6.07, 6.45) is 1.87. The molecule has 72 valence electrons. The van der Waals surface area contributed by atoms with Gasteiger partial charge in [-0.2, -0.15) is 0 Å². The first-order valence-corrected chi connectivity index (χ1v) is 4.62. The van der Waals surface area contributed by atoms with Crippen LogP contribution in [0.1, 0.15) is 26.7 Å². The number of nitrogens with zero attached hydrogens (tertiary/aromatic N) is 1. The van der Waals surface area contributed by atoms with Gasteiger partial charge in [-0.15, -0.1) is 0 Å².